The van der Waals surface area contributed by atoms with Gasteiger partial charge in [-0.1, -0.05) is 31.8 Å². The maximum absolute atomic E-state index is 5.93. The Balaban J connectivity index is 2.66. The first-order chi connectivity index (χ1) is 8.14. The largest absolute Gasteiger partial charge is 0.377 e. The zero-order chi connectivity index (χ0) is 12.7. The molecule has 100 valence electrons. The van der Waals surface area contributed by atoms with Crippen LogP contribution in [0.3, 0.4) is 0 Å². The number of hydrogen-bond acceptors (Lipinski definition) is 2. The molecule has 0 spiro atoms. The highest BCUT2D eigenvalue weighted by atomic mass is 16.5. The Morgan fingerprint density at radius 1 is 1.35 bits per heavy atom. The van der Waals surface area contributed by atoms with E-state index in [9.17, 15) is 0 Å². The van der Waals surface area contributed by atoms with Gasteiger partial charge in [0.2, 0.25) is 0 Å². The van der Waals surface area contributed by atoms with Gasteiger partial charge in [-0.15, -0.1) is 6.58 Å². The highest BCUT2D eigenvalue weighted by Gasteiger charge is 2.39. The molecule has 1 aliphatic carbocycles. The molecule has 1 aliphatic rings. The number of methoxy groups -OCH3 is 1. The van der Waals surface area contributed by atoms with Gasteiger partial charge in [-0.05, 0) is 39.2 Å². The van der Waals surface area contributed by atoms with Gasteiger partial charge in [0.15, 0.2) is 0 Å². The van der Waals surface area contributed by atoms with Crippen molar-refractivity contribution in [3.05, 3.63) is 12.2 Å². The molecule has 0 aromatic rings. The molecule has 2 heteroatoms. The summed E-state index contributed by atoms with van der Waals surface area (Å²) in [5.41, 5.74) is 1.35. The molecule has 0 amide bonds. The zero-order valence-electron chi connectivity index (χ0n) is 11.8. The van der Waals surface area contributed by atoms with Crippen molar-refractivity contribution >= 4 is 0 Å². The van der Waals surface area contributed by atoms with Crippen LogP contribution in [0.25, 0.3) is 0 Å². The highest BCUT2D eigenvalue weighted by molar-refractivity contribution is 4.98. The van der Waals surface area contributed by atoms with Crippen molar-refractivity contribution in [1.82, 2.24) is 5.32 Å². The molecule has 1 fully saturated rings. The normalized spacial score (nSPS) is 21.1. The smallest absolute Gasteiger partial charge is 0.0831 e. The van der Waals surface area contributed by atoms with Gasteiger partial charge in [0.1, 0.15) is 0 Å². The summed E-state index contributed by atoms with van der Waals surface area (Å²) in [7, 11) is 1.89. The Morgan fingerprint density at radius 2 is 2.00 bits per heavy atom. The Labute approximate surface area is 107 Å². The van der Waals surface area contributed by atoms with E-state index >= 15 is 0 Å². The van der Waals surface area contributed by atoms with Crippen molar-refractivity contribution in [3.8, 4) is 0 Å². The van der Waals surface area contributed by atoms with Crippen molar-refractivity contribution in [2.75, 3.05) is 13.7 Å². The third-order valence-electron chi connectivity index (χ3n) is 4.05. The van der Waals surface area contributed by atoms with Crippen molar-refractivity contribution in [2.24, 2.45) is 0 Å². The lowest BCUT2D eigenvalue weighted by atomic mass is 9.77. The molecular formula is C15H29NO. The van der Waals surface area contributed by atoms with E-state index in [4.69, 9.17) is 4.74 Å². The molecule has 1 atom stereocenters. The van der Waals surface area contributed by atoms with E-state index in [0.717, 1.165) is 19.4 Å². The molecule has 1 N–H and O–H groups in total. The van der Waals surface area contributed by atoms with E-state index in [1.807, 2.05) is 7.11 Å². The molecule has 0 bridgehead atoms. The number of allylic oxidation sites excluding steroid dienone is 1. The maximum atomic E-state index is 5.93. The average molecular weight is 239 g/mol. The SMILES string of the molecule is C=C(C)CCC(NCC)C1(OC)CCCCC1. The first-order valence-electron chi connectivity index (χ1n) is 7.07. The second-order valence-electron chi connectivity index (χ2n) is 5.44. The molecule has 1 saturated carbocycles. The van der Waals surface area contributed by atoms with Crippen LogP contribution in [0.1, 0.15) is 58.8 Å². The lowest BCUT2D eigenvalue weighted by molar-refractivity contribution is -0.0688. The van der Waals surface area contributed by atoms with E-state index < -0.39 is 0 Å². The summed E-state index contributed by atoms with van der Waals surface area (Å²) in [5, 5.41) is 3.63. The molecule has 1 rings (SSSR count). The zero-order valence-corrected chi connectivity index (χ0v) is 11.8. The Kier molecular flexibility index (Phi) is 6.21. The average Bonchev–Trinajstić information content (AvgIpc) is 2.35. The minimum atomic E-state index is 0.0731. The van der Waals surface area contributed by atoms with Gasteiger partial charge in [0, 0.05) is 13.2 Å². The van der Waals surface area contributed by atoms with E-state index in [2.05, 4.69) is 25.7 Å². The van der Waals surface area contributed by atoms with E-state index in [-0.39, 0.29) is 5.60 Å². The molecule has 2 nitrogen and oxygen atoms in total. The summed E-state index contributed by atoms with van der Waals surface area (Å²) in [4.78, 5) is 0. The predicted molar refractivity (Wildman–Crippen MR) is 74.3 cm³/mol. The number of rotatable bonds is 7. The fourth-order valence-corrected chi connectivity index (χ4v) is 3.03. The second-order valence-corrected chi connectivity index (χ2v) is 5.44. The number of nitrogens with one attached hydrogen (secondary N) is 1. The Morgan fingerprint density at radius 3 is 2.47 bits per heavy atom. The van der Waals surface area contributed by atoms with Gasteiger partial charge in [0.05, 0.1) is 5.60 Å². The summed E-state index contributed by atoms with van der Waals surface area (Å²) in [6.45, 7) is 9.33. The predicted octanol–water partition coefficient (Wildman–Crippen LogP) is 3.67. The van der Waals surface area contributed by atoms with Crippen LogP contribution in [0.5, 0.6) is 0 Å². The fourth-order valence-electron chi connectivity index (χ4n) is 3.03. The second kappa shape index (κ2) is 7.17. The summed E-state index contributed by atoms with van der Waals surface area (Å²) in [6, 6.07) is 0.481. The van der Waals surface area contributed by atoms with Crippen LogP contribution in [0, 0.1) is 0 Å². The van der Waals surface area contributed by atoms with E-state index in [1.54, 1.807) is 0 Å². The monoisotopic (exact) mass is 239 g/mol. The van der Waals surface area contributed by atoms with Crippen molar-refractivity contribution in [2.45, 2.75) is 70.4 Å². The van der Waals surface area contributed by atoms with Gasteiger partial charge in [0.25, 0.3) is 0 Å². The van der Waals surface area contributed by atoms with E-state index in [1.165, 1.54) is 37.7 Å². The van der Waals surface area contributed by atoms with Gasteiger partial charge in [-0.2, -0.15) is 0 Å². The van der Waals surface area contributed by atoms with Crippen molar-refractivity contribution in [1.29, 1.82) is 0 Å². The summed E-state index contributed by atoms with van der Waals surface area (Å²) in [6.07, 6.45) is 8.64. The fraction of sp³-hybridized carbons (Fsp3) is 0.867. The van der Waals surface area contributed by atoms with E-state index in [0.29, 0.717) is 6.04 Å². The molecule has 0 heterocycles. The third-order valence-corrected chi connectivity index (χ3v) is 4.05. The van der Waals surface area contributed by atoms with Crippen molar-refractivity contribution < 1.29 is 4.74 Å². The van der Waals surface area contributed by atoms with Gasteiger partial charge in [-0.25, -0.2) is 0 Å². The minimum absolute atomic E-state index is 0.0731. The Bertz CT molecular complexity index is 231. The number of hydrogen-bond donors (Lipinski definition) is 1. The molecule has 0 radical (unpaired) electrons. The van der Waals surface area contributed by atoms with Crippen LogP contribution in [-0.4, -0.2) is 25.3 Å². The first kappa shape index (κ1) is 14.7. The lowest BCUT2D eigenvalue weighted by Gasteiger charge is -2.43. The molecule has 0 saturated heterocycles. The van der Waals surface area contributed by atoms with Crippen LogP contribution < -0.4 is 5.32 Å². The van der Waals surface area contributed by atoms with Crippen LogP contribution in [-0.2, 0) is 4.74 Å². The summed E-state index contributed by atoms with van der Waals surface area (Å²) >= 11 is 0. The maximum Gasteiger partial charge on any atom is 0.0831 e. The third kappa shape index (κ3) is 4.11. The van der Waals surface area contributed by atoms with Crippen LogP contribution in [0.2, 0.25) is 0 Å². The van der Waals surface area contributed by atoms with Crippen LogP contribution in [0.15, 0.2) is 12.2 Å². The quantitative estimate of drug-likeness (QED) is 0.684. The van der Waals surface area contributed by atoms with Crippen molar-refractivity contribution in [3.63, 3.8) is 0 Å². The van der Waals surface area contributed by atoms with Gasteiger partial charge < -0.3 is 10.1 Å². The lowest BCUT2D eigenvalue weighted by Crippen LogP contribution is -2.53. The highest BCUT2D eigenvalue weighted by Crippen LogP contribution is 2.35. The number of ether oxygens (including phenoxy) is 1. The molecule has 17 heavy (non-hydrogen) atoms. The molecule has 1 unspecified atom stereocenters. The van der Waals surface area contributed by atoms with Crippen LogP contribution in [0.4, 0.5) is 0 Å². The van der Waals surface area contributed by atoms with Gasteiger partial charge in [-0.3, -0.25) is 0 Å². The minimum Gasteiger partial charge on any atom is -0.377 e. The molecular weight excluding hydrogens is 210 g/mol. The van der Waals surface area contributed by atoms with Gasteiger partial charge >= 0.3 is 0 Å². The molecule has 0 aromatic heterocycles. The molecule has 0 aromatic carbocycles. The number of likely N-dealkylation sites (N-methyl/N-ethyl adjacent to an activating group) is 1. The van der Waals surface area contributed by atoms with Crippen LogP contribution >= 0.6 is 0 Å². The Hall–Kier alpha value is -0.340. The molecule has 0 aliphatic heterocycles. The summed E-state index contributed by atoms with van der Waals surface area (Å²) < 4.78 is 5.93. The summed E-state index contributed by atoms with van der Waals surface area (Å²) in [5.74, 6) is 0. The standard InChI is InChI=1S/C15H29NO/c1-5-16-14(10-9-13(2)3)15(17-4)11-7-6-8-12-15/h14,16H,2,5-12H2,1,3-4H3. The first-order valence-corrected chi connectivity index (χ1v) is 7.07. The topological polar surface area (TPSA) is 21.3 Å².